The molecule has 2 atom stereocenters. The zero-order valence-corrected chi connectivity index (χ0v) is 12.7. The fraction of sp³-hybridized carbons (Fsp3) is 0.733. The molecule has 1 saturated heterocycles. The monoisotopic (exact) mass is 279 g/mol. The van der Waals surface area contributed by atoms with Gasteiger partial charge in [0, 0.05) is 13.1 Å². The number of likely N-dealkylation sites (tertiary alicyclic amines) is 1. The highest BCUT2D eigenvalue weighted by Crippen LogP contribution is 2.25. The first-order valence-corrected chi connectivity index (χ1v) is 7.59. The van der Waals surface area contributed by atoms with E-state index in [0.717, 1.165) is 43.7 Å². The smallest absolute Gasteiger partial charge is 0.321 e. The quantitative estimate of drug-likeness (QED) is 0.897. The lowest BCUT2D eigenvalue weighted by atomic mass is 9.90. The number of piperidine rings is 1. The van der Waals surface area contributed by atoms with Gasteiger partial charge in [0.25, 0.3) is 0 Å². The van der Waals surface area contributed by atoms with E-state index in [1.54, 1.807) is 0 Å². The number of aryl methyl sites for hydroxylation is 2. The minimum atomic E-state index is -0.699. The molecule has 2 rings (SSSR count). The van der Waals surface area contributed by atoms with Crippen LogP contribution >= 0.6 is 0 Å². The molecule has 0 aromatic carbocycles. The van der Waals surface area contributed by atoms with E-state index >= 15 is 0 Å². The zero-order chi connectivity index (χ0) is 14.7. The summed E-state index contributed by atoms with van der Waals surface area (Å²) in [6.45, 7) is 8.58. The molecule has 0 aliphatic carbocycles. The summed E-state index contributed by atoms with van der Waals surface area (Å²) in [5.41, 5.74) is 2.21. The average molecular weight is 279 g/mol. The van der Waals surface area contributed by atoms with E-state index in [1.807, 2.05) is 11.6 Å². The highest BCUT2D eigenvalue weighted by atomic mass is 16.4. The van der Waals surface area contributed by atoms with Crippen LogP contribution in [-0.4, -0.2) is 38.3 Å². The Morgan fingerprint density at radius 2 is 2.25 bits per heavy atom. The van der Waals surface area contributed by atoms with Crippen molar-refractivity contribution in [2.75, 3.05) is 6.54 Å². The number of carbonyl (C=O) groups is 1. The molecule has 1 fully saturated rings. The maximum Gasteiger partial charge on any atom is 0.321 e. The molecule has 1 aliphatic heterocycles. The maximum atomic E-state index is 11.5. The molecule has 5 heteroatoms. The number of carboxylic acids is 1. The standard InChI is InChI=1S/C15H25N3O2/c1-4-12-9-13(18(5-2)16-12)10-17-8-6-7-11(3)14(17)15(19)20/h9,11,14H,4-8,10H2,1-3H3,(H,19,20). The Hall–Kier alpha value is -1.36. The minimum Gasteiger partial charge on any atom is -0.480 e. The van der Waals surface area contributed by atoms with Crippen LogP contribution in [0.4, 0.5) is 0 Å². The van der Waals surface area contributed by atoms with Crippen molar-refractivity contribution in [1.29, 1.82) is 0 Å². The molecule has 0 amide bonds. The number of carboxylic acid groups (broad SMARTS) is 1. The molecule has 1 N–H and O–H groups in total. The van der Waals surface area contributed by atoms with Gasteiger partial charge in [-0.25, -0.2) is 0 Å². The molecule has 20 heavy (non-hydrogen) atoms. The van der Waals surface area contributed by atoms with Crippen LogP contribution in [0.25, 0.3) is 0 Å². The van der Waals surface area contributed by atoms with Gasteiger partial charge in [0.15, 0.2) is 0 Å². The van der Waals surface area contributed by atoms with Crippen molar-refractivity contribution in [3.8, 4) is 0 Å². The Balaban J connectivity index is 2.18. The molecule has 0 spiro atoms. The van der Waals surface area contributed by atoms with Gasteiger partial charge in [0.05, 0.1) is 11.4 Å². The largest absolute Gasteiger partial charge is 0.480 e. The van der Waals surface area contributed by atoms with Crippen molar-refractivity contribution < 1.29 is 9.90 Å². The van der Waals surface area contributed by atoms with E-state index < -0.39 is 5.97 Å². The van der Waals surface area contributed by atoms with Crippen LogP contribution in [0.2, 0.25) is 0 Å². The summed E-state index contributed by atoms with van der Waals surface area (Å²) in [4.78, 5) is 13.6. The highest BCUT2D eigenvalue weighted by molar-refractivity contribution is 5.74. The van der Waals surface area contributed by atoms with E-state index in [9.17, 15) is 9.90 Å². The van der Waals surface area contributed by atoms with Crippen molar-refractivity contribution >= 4 is 5.97 Å². The molecule has 0 bridgehead atoms. The first-order chi connectivity index (χ1) is 9.56. The number of aromatic nitrogens is 2. The van der Waals surface area contributed by atoms with E-state index in [1.165, 1.54) is 0 Å². The number of hydrogen-bond acceptors (Lipinski definition) is 3. The topological polar surface area (TPSA) is 58.4 Å². The first-order valence-electron chi connectivity index (χ1n) is 7.59. The van der Waals surface area contributed by atoms with Crippen LogP contribution in [0.1, 0.15) is 45.0 Å². The fourth-order valence-corrected chi connectivity index (χ4v) is 3.15. The van der Waals surface area contributed by atoms with E-state index in [2.05, 4.69) is 29.9 Å². The Kier molecular flexibility index (Phi) is 4.81. The summed E-state index contributed by atoms with van der Waals surface area (Å²) in [7, 11) is 0. The van der Waals surface area contributed by atoms with Gasteiger partial charge in [-0.1, -0.05) is 13.8 Å². The van der Waals surface area contributed by atoms with Crippen LogP contribution in [0.5, 0.6) is 0 Å². The van der Waals surface area contributed by atoms with Crippen LogP contribution < -0.4 is 0 Å². The lowest BCUT2D eigenvalue weighted by molar-refractivity contribution is -0.147. The Morgan fingerprint density at radius 1 is 1.50 bits per heavy atom. The van der Waals surface area contributed by atoms with Gasteiger partial charge in [0.1, 0.15) is 6.04 Å². The molecule has 5 nitrogen and oxygen atoms in total. The second kappa shape index (κ2) is 6.39. The molecule has 1 aliphatic rings. The molecule has 112 valence electrons. The fourth-order valence-electron chi connectivity index (χ4n) is 3.15. The Labute approximate surface area is 120 Å². The van der Waals surface area contributed by atoms with Crippen LogP contribution in [0.15, 0.2) is 6.07 Å². The number of rotatable bonds is 5. The van der Waals surface area contributed by atoms with Gasteiger partial charge in [-0.3, -0.25) is 14.4 Å². The highest BCUT2D eigenvalue weighted by Gasteiger charge is 2.34. The summed E-state index contributed by atoms with van der Waals surface area (Å²) >= 11 is 0. The van der Waals surface area contributed by atoms with E-state index in [4.69, 9.17) is 0 Å². The van der Waals surface area contributed by atoms with Crippen molar-refractivity contribution in [2.45, 2.75) is 59.2 Å². The molecule has 1 aromatic rings. The third-order valence-electron chi connectivity index (χ3n) is 4.23. The SMILES string of the molecule is CCc1cc(CN2CCCC(C)C2C(=O)O)n(CC)n1. The molecule has 2 heterocycles. The van der Waals surface area contributed by atoms with Crippen molar-refractivity contribution in [2.24, 2.45) is 5.92 Å². The summed E-state index contributed by atoms with van der Waals surface area (Å²) in [5, 5.41) is 14.0. The third kappa shape index (κ3) is 3.03. The summed E-state index contributed by atoms with van der Waals surface area (Å²) < 4.78 is 2.00. The molecular weight excluding hydrogens is 254 g/mol. The summed E-state index contributed by atoms with van der Waals surface area (Å²) in [6.07, 6.45) is 2.99. The normalized spacial score (nSPS) is 23.9. The maximum absolute atomic E-state index is 11.5. The predicted octanol–water partition coefficient (Wildman–Crippen LogP) is 2.15. The second-order valence-electron chi connectivity index (χ2n) is 5.67. The Bertz CT molecular complexity index is 470. The lowest BCUT2D eigenvalue weighted by Gasteiger charge is -2.37. The van der Waals surface area contributed by atoms with Crippen molar-refractivity contribution in [3.05, 3.63) is 17.5 Å². The third-order valence-corrected chi connectivity index (χ3v) is 4.23. The average Bonchev–Trinajstić information content (AvgIpc) is 2.80. The second-order valence-corrected chi connectivity index (χ2v) is 5.67. The van der Waals surface area contributed by atoms with E-state index in [-0.39, 0.29) is 12.0 Å². The van der Waals surface area contributed by atoms with Crippen LogP contribution in [0, 0.1) is 5.92 Å². The Morgan fingerprint density at radius 3 is 2.85 bits per heavy atom. The number of nitrogens with zero attached hydrogens (tertiary/aromatic N) is 3. The van der Waals surface area contributed by atoms with Crippen LogP contribution in [-0.2, 0) is 24.3 Å². The van der Waals surface area contributed by atoms with Gasteiger partial charge < -0.3 is 5.11 Å². The number of aliphatic carboxylic acids is 1. The molecule has 1 aromatic heterocycles. The molecule has 2 unspecified atom stereocenters. The number of hydrogen-bond donors (Lipinski definition) is 1. The van der Waals surface area contributed by atoms with Gasteiger partial charge in [-0.15, -0.1) is 0 Å². The first kappa shape index (κ1) is 15.0. The van der Waals surface area contributed by atoms with Gasteiger partial charge in [-0.05, 0) is 44.7 Å². The van der Waals surface area contributed by atoms with Crippen LogP contribution in [0.3, 0.4) is 0 Å². The van der Waals surface area contributed by atoms with Gasteiger partial charge in [-0.2, -0.15) is 5.10 Å². The zero-order valence-electron chi connectivity index (χ0n) is 12.7. The lowest BCUT2D eigenvalue weighted by Crippen LogP contribution is -2.48. The summed E-state index contributed by atoms with van der Waals surface area (Å²) in [6, 6.07) is 1.75. The molecule has 0 saturated carbocycles. The predicted molar refractivity (Wildman–Crippen MR) is 77.5 cm³/mol. The van der Waals surface area contributed by atoms with Gasteiger partial charge in [0.2, 0.25) is 0 Å². The molecular formula is C15H25N3O2. The minimum absolute atomic E-state index is 0.213. The van der Waals surface area contributed by atoms with Crippen molar-refractivity contribution in [3.63, 3.8) is 0 Å². The van der Waals surface area contributed by atoms with Gasteiger partial charge >= 0.3 is 5.97 Å². The molecule has 0 radical (unpaired) electrons. The van der Waals surface area contributed by atoms with E-state index in [0.29, 0.717) is 6.54 Å². The van der Waals surface area contributed by atoms with Crippen molar-refractivity contribution in [1.82, 2.24) is 14.7 Å². The summed E-state index contributed by atoms with van der Waals surface area (Å²) in [5.74, 6) is -0.486.